The molecule has 1 atom stereocenters. The number of aryl methyl sites for hydroxylation is 1. The number of aliphatic hydroxyl groups is 1. The van der Waals surface area contributed by atoms with Crippen molar-refractivity contribution in [1.29, 1.82) is 0 Å². The summed E-state index contributed by atoms with van der Waals surface area (Å²) >= 11 is 1.53. The topological polar surface area (TPSA) is 62.2 Å². The van der Waals surface area contributed by atoms with Crippen molar-refractivity contribution < 1.29 is 9.90 Å². The summed E-state index contributed by atoms with van der Waals surface area (Å²) in [4.78, 5) is 15.9. The molecule has 2 aromatic rings. The Balaban J connectivity index is 1.80. The van der Waals surface area contributed by atoms with Crippen molar-refractivity contribution in [3.8, 4) is 0 Å². The Hall–Kier alpha value is -1.72. The number of carbonyl (C=O) groups excluding carboxylic acids is 1. The van der Waals surface area contributed by atoms with Crippen molar-refractivity contribution in [2.75, 3.05) is 6.54 Å². The molecule has 0 radical (unpaired) electrons. The molecule has 1 amide bonds. The van der Waals surface area contributed by atoms with E-state index in [-0.39, 0.29) is 18.9 Å². The lowest BCUT2D eigenvalue weighted by atomic mass is 10.1. The molecule has 1 aromatic carbocycles. The zero-order chi connectivity index (χ0) is 13.7. The summed E-state index contributed by atoms with van der Waals surface area (Å²) in [6.07, 6.45) is -0.423. The van der Waals surface area contributed by atoms with Crippen LogP contribution in [0.2, 0.25) is 0 Å². The highest BCUT2D eigenvalue weighted by Gasteiger charge is 2.10. The third-order valence-corrected chi connectivity index (χ3v) is 3.51. The van der Waals surface area contributed by atoms with Gasteiger partial charge in [-0.3, -0.25) is 4.79 Å². The number of thiazole rings is 1. The zero-order valence-corrected chi connectivity index (χ0v) is 11.5. The average molecular weight is 276 g/mol. The van der Waals surface area contributed by atoms with Gasteiger partial charge < -0.3 is 10.4 Å². The number of carbonyl (C=O) groups is 1. The molecule has 0 unspecified atom stereocenters. The van der Waals surface area contributed by atoms with Gasteiger partial charge in [0, 0.05) is 11.9 Å². The lowest BCUT2D eigenvalue weighted by molar-refractivity contribution is -0.120. The van der Waals surface area contributed by atoms with Crippen molar-refractivity contribution in [3.63, 3.8) is 0 Å². The molecule has 1 heterocycles. The highest BCUT2D eigenvalue weighted by Crippen LogP contribution is 2.11. The summed E-state index contributed by atoms with van der Waals surface area (Å²) < 4.78 is 0. The van der Waals surface area contributed by atoms with Crippen LogP contribution in [0.25, 0.3) is 0 Å². The van der Waals surface area contributed by atoms with E-state index in [1.165, 1.54) is 11.3 Å². The van der Waals surface area contributed by atoms with Gasteiger partial charge in [0.05, 0.1) is 23.2 Å². The van der Waals surface area contributed by atoms with E-state index in [9.17, 15) is 9.90 Å². The van der Waals surface area contributed by atoms with Gasteiger partial charge in [-0.2, -0.15) is 0 Å². The molecule has 100 valence electrons. The van der Waals surface area contributed by atoms with Crippen LogP contribution < -0.4 is 5.32 Å². The molecule has 1 aromatic heterocycles. The number of nitrogens with zero attached hydrogens (tertiary/aromatic N) is 1. The predicted molar refractivity (Wildman–Crippen MR) is 75.0 cm³/mol. The van der Waals surface area contributed by atoms with Crippen molar-refractivity contribution in [2.45, 2.75) is 19.4 Å². The second-order valence-electron chi connectivity index (χ2n) is 4.27. The van der Waals surface area contributed by atoms with E-state index in [1.807, 2.05) is 42.6 Å². The van der Waals surface area contributed by atoms with E-state index in [0.717, 1.165) is 16.3 Å². The molecule has 5 heteroatoms. The minimum Gasteiger partial charge on any atom is -0.387 e. The number of hydrogen-bond donors (Lipinski definition) is 2. The van der Waals surface area contributed by atoms with Crippen LogP contribution in [0.15, 0.2) is 35.7 Å². The van der Waals surface area contributed by atoms with Crippen molar-refractivity contribution in [1.82, 2.24) is 10.3 Å². The first-order valence-corrected chi connectivity index (χ1v) is 6.94. The second kappa shape index (κ2) is 6.45. The molecular weight excluding hydrogens is 260 g/mol. The summed E-state index contributed by atoms with van der Waals surface area (Å²) in [5.74, 6) is -0.125. The maximum absolute atomic E-state index is 11.7. The number of aromatic nitrogens is 1. The van der Waals surface area contributed by atoms with Gasteiger partial charge in [0.25, 0.3) is 0 Å². The van der Waals surface area contributed by atoms with Gasteiger partial charge in [-0.05, 0) is 12.5 Å². The Morgan fingerprint density at radius 1 is 1.42 bits per heavy atom. The van der Waals surface area contributed by atoms with Crippen molar-refractivity contribution in [2.24, 2.45) is 0 Å². The number of hydrogen-bond acceptors (Lipinski definition) is 4. The molecule has 0 spiro atoms. The van der Waals surface area contributed by atoms with E-state index >= 15 is 0 Å². The van der Waals surface area contributed by atoms with Crippen LogP contribution in [-0.4, -0.2) is 22.5 Å². The van der Waals surface area contributed by atoms with Gasteiger partial charge in [-0.15, -0.1) is 11.3 Å². The molecule has 0 aliphatic carbocycles. The van der Waals surface area contributed by atoms with Crippen LogP contribution in [0, 0.1) is 6.92 Å². The van der Waals surface area contributed by atoms with Gasteiger partial charge >= 0.3 is 0 Å². The standard InChI is InChI=1S/C14H16N2O2S/c1-10-16-12(9-19-10)7-14(18)15-8-13(17)11-5-3-2-4-6-11/h2-6,9,13,17H,7-8H2,1H3,(H,15,18)/t13-/m0/s1. The molecule has 0 fully saturated rings. The van der Waals surface area contributed by atoms with Gasteiger partial charge in [0.15, 0.2) is 0 Å². The zero-order valence-electron chi connectivity index (χ0n) is 10.7. The van der Waals surface area contributed by atoms with Crippen molar-refractivity contribution in [3.05, 3.63) is 52.0 Å². The van der Waals surface area contributed by atoms with Crippen LogP contribution >= 0.6 is 11.3 Å². The van der Waals surface area contributed by atoms with Crippen LogP contribution in [0.4, 0.5) is 0 Å². The highest BCUT2D eigenvalue weighted by molar-refractivity contribution is 7.09. The molecule has 0 bridgehead atoms. The Kier molecular flexibility index (Phi) is 4.65. The first kappa shape index (κ1) is 13.7. The summed E-state index contributed by atoms with van der Waals surface area (Å²) in [7, 11) is 0. The molecule has 19 heavy (non-hydrogen) atoms. The number of aliphatic hydroxyl groups excluding tert-OH is 1. The van der Waals surface area contributed by atoms with Crippen LogP contribution in [0.1, 0.15) is 22.4 Å². The van der Waals surface area contributed by atoms with E-state index in [0.29, 0.717) is 0 Å². The maximum atomic E-state index is 11.7. The van der Waals surface area contributed by atoms with Crippen LogP contribution in [-0.2, 0) is 11.2 Å². The Morgan fingerprint density at radius 3 is 2.79 bits per heavy atom. The van der Waals surface area contributed by atoms with E-state index < -0.39 is 6.10 Å². The normalized spacial score (nSPS) is 12.1. The summed E-state index contributed by atoms with van der Waals surface area (Å²) in [5.41, 5.74) is 1.57. The molecule has 0 aliphatic heterocycles. The van der Waals surface area contributed by atoms with Gasteiger partial charge in [-0.1, -0.05) is 30.3 Å². The fourth-order valence-corrected chi connectivity index (χ4v) is 2.33. The second-order valence-corrected chi connectivity index (χ2v) is 5.33. The molecule has 0 aliphatic rings. The van der Waals surface area contributed by atoms with Crippen LogP contribution in [0.5, 0.6) is 0 Å². The van der Waals surface area contributed by atoms with Crippen molar-refractivity contribution >= 4 is 17.2 Å². The highest BCUT2D eigenvalue weighted by atomic mass is 32.1. The molecular formula is C14H16N2O2S. The monoisotopic (exact) mass is 276 g/mol. The largest absolute Gasteiger partial charge is 0.387 e. The number of benzene rings is 1. The summed E-state index contributed by atoms with van der Waals surface area (Å²) in [5, 5.41) is 15.5. The van der Waals surface area contributed by atoms with Crippen LogP contribution in [0.3, 0.4) is 0 Å². The Bertz CT molecular complexity index is 539. The smallest absolute Gasteiger partial charge is 0.226 e. The minimum atomic E-state index is -0.678. The lowest BCUT2D eigenvalue weighted by Gasteiger charge is -2.11. The first-order valence-electron chi connectivity index (χ1n) is 6.06. The third kappa shape index (κ3) is 4.15. The molecule has 2 N–H and O–H groups in total. The molecule has 2 rings (SSSR count). The summed E-state index contributed by atoms with van der Waals surface area (Å²) in [6.45, 7) is 2.12. The van der Waals surface area contributed by atoms with Gasteiger partial charge in [-0.25, -0.2) is 4.98 Å². The lowest BCUT2D eigenvalue weighted by Crippen LogP contribution is -2.29. The quantitative estimate of drug-likeness (QED) is 0.876. The molecule has 4 nitrogen and oxygen atoms in total. The average Bonchev–Trinajstić information content (AvgIpc) is 2.82. The van der Waals surface area contributed by atoms with E-state index in [4.69, 9.17) is 0 Å². The van der Waals surface area contributed by atoms with Gasteiger partial charge in [0.2, 0.25) is 5.91 Å². The summed E-state index contributed by atoms with van der Waals surface area (Å²) in [6, 6.07) is 9.28. The van der Waals surface area contributed by atoms with Gasteiger partial charge in [0.1, 0.15) is 0 Å². The fourth-order valence-electron chi connectivity index (χ4n) is 1.72. The van der Waals surface area contributed by atoms with E-state index in [1.54, 1.807) is 0 Å². The minimum absolute atomic E-state index is 0.125. The number of nitrogens with one attached hydrogen (secondary N) is 1. The van der Waals surface area contributed by atoms with E-state index in [2.05, 4.69) is 10.3 Å². The Morgan fingerprint density at radius 2 is 2.16 bits per heavy atom. The molecule has 0 saturated heterocycles. The third-order valence-electron chi connectivity index (χ3n) is 2.69. The first-order chi connectivity index (χ1) is 9.15. The Labute approximate surface area is 116 Å². The fraction of sp³-hybridized carbons (Fsp3) is 0.286. The SMILES string of the molecule is Cc1nc(CC(=O)NC[C@H](O)c2ccccc2)cs1. The number of amides is 1. The maximum Gasteiger partial charge on any atom is 0.226 e. The molecule has 0 saturated carbocycles. The predicted octanol–water partition coefficient (Wildman–Crippen LogP) is 1.84. The number of rotatable bonds is 5.